The lowest BCUT2D eigenvalue weighted by Crippen LogP contribution is -2.46. The summed E-state index contributed by atoms with van der Waals surface area (Å²) >= 11 is 1.66. The van der Waals surface area contributed by atoms with E-state index in [0.29, 0.717) is 19.8 Å². The smallest absolute Gasteiger partial charge is 0.314 e. The first kappa shape index (κ1) is 15.7. The van der Waals surface area contributed by atoms with Crippen molar-refractivity contribution in [3.05, 3.63) is 34.7 Å². The lowest BCUT2D eigenvalue weighted by atomic mass is 9.78. The largest absolute Gasteiger partial charge is 0.381 e. The van der Waals surface area contributed by atoms with Crippen LogP contribution in [0.5, 0.6) is 0 Å². The van der Waals surface area contributed by atoms with Crippen LogP contribution in [0.2, 0.25) is 0 Å². The van der Waals surface area contributed by atoms with Crippen molar-refractivity contribution in [2.75, 3.05) is 25.1 Å². The number of hydrogen-bond acceptors (Lipinski definition) is 6. The number of amides is 2. The number of aromatic nitrogens is 1. The van der Waals surface area contributed by atoms with Gasteiger partial charge in [-0.15, -0.1) is 11.3 Å². The van der Waals surface area contributed by atoms with E-state index in [2.05, 4.69) is 26.4 Å². The molecule has 8 heteroatoms. The molecule has 1 fully saturated rings. The van der Waals surface area contributed by atoms with Crippen LogP contribution >= 0.6 is 11.3 Å². The van der Waals surface area contributed by atoms with Crippen LogP contribution in [0.25, 0.3) is 0 Å². The number of ether oxygens (including phenoxy) is 1. The second-order valence-corrected chi connectivity index (χ2v) is 6.34. The molecule has 0 bridgehead atoms. The van der Waals surface area contributed by atoms with Gasteiger partial charge in [-0.1, -0.05) is 11.2 Å². The highest BCUT2D eigenvalue weighted by Crippen LogP contribution is 2.36. The number of hydrogen-bond donors (Lipinski definition) is 2. The molecule has 3 heterocycles. The van der Waals surface area contributed by atoms with Crippen molar-refractivity contribution >= 4 is 29.0 Å². The fraction of sp³-hybridized carbons (Fsp3) is 0.400. The SMILES string of the molecule is O=C(NCC1(c2cccs2)CCOCC1)C(=O)Nc1ccon1. The van der Waals surface area contributed by atoms with Gasteiger partial charge in [-0.2, -0.15) is 0 Å². The lowest BCUT2D eigenvalue weighted by molar-refractivity contribution is -0.136. The maximum Gasteiger partial charge on any atom is 0.314 e. The number of nitrogens with one attached hydrogen (secondary N) is 2. The van der Waals surface area contributed by atoms with Crippen LogP contribution in [-0.4, -0.2) is 36.7 Å². The quantitative estimate of drug-likeness (QED) is 0.827. The van der Waals surface area contributed by atoms with Crippen LogP contribution in [0.1, 0.15) is 17.7 Å². The number of carbonyl (C=O) groups is 2. The van der Waals surface area contributed by atoms with Gasteiger partial charge in [-0.3, -0.25) is 14.9 Å². The summed E-state index contributed by atoms with van der Waals surface area (Å²) in [6.45, 7) is 1.71. The Balaban J connectivity index is 1.62. The van der Waals surface area contributed by atoms with Crippen molar-refractivity contribution in [3.8, 4) is 0 Å². The van der Waals surface area contributed by atoms with E-state index in [1.165, 1.54) is 17.2 Å². The maximum atomic E-state index is 12.0. The van der Waals surface area contributed by atoms with E-state index in [9.17, 15) is 9.59 Å². The van der Waals surface area contributed by atoms with Crippen molar-refractivity contribution in [2.45, 2.75) is 18.3 Å². The zero-order valence-corrected chi connectivity index (χ0v) is 13.2. The number of thiophene rings is 1. The van der Waals surface area contributed by atoms with Gasteiger partial charge in [-0.25, -0.2) is 0 Å². The summed E-state index contributed by atoms with van der Waals surface area (Å²) in [5.41, 5.74) is -0.170. The number of rotatable bonds is 4. The van der Waals surface area contributed by atoms with Gasteiger partial charge in [0, 0.05) is 36.1 Å². The Morgan fingerprint density at radius 1 is 1.26 bits per heavy atom. The van der Waals surface area contributed by atoms with E-state index in [1.807, 2.05) is 11.4 Å². The molecule has 3 rings (SSSR count). The molecule has 0 unspecified atom stereocenters. The summed E-state index contributed by atoms with van der Waals surface area (Å²) < 4.78 is 10.0. The summed E-state index contributed by atoms with van der Waals surface area (Å²) in [5.74, 6) is -1.23. The Morgan fingerprint density at radius 2 is 2.09 bits per heavy atom. The second-order valence-electron chi connectivity index (χ2n) is 5.39. The van der Waals surface area contributed by atoms with Gasteiger partial charge in [-0.05, 0) is 24.3 Å². The normalized spacial score (nSPS) is 16.7. The van der Waals surface area contributed by atoms with Crippen LogP contribution in [0, 0.1) is 0 Å². The molecule has 0 saturated carbocycles. The third-order valence-electron chi connectivity index (χ3n) is 3.97. The van der Waals surface area contributed by atoms with E-state index in [4.69, 9.17) is 4.74 Å². The van der Waals surface area contributed by atoms with Gasteiger partial charge in [0.25, 0.3) is 0 Å². The average Bonchev–Trinajstić information content (AvgIpc) is 3.27. The van der Waals surface area contributed by atoms with Crippen LogP contribution in [0.3, 0.4) is 0 Å². The lowest BCUT2D eigenvalue weighted by Gasteiger charge is -2.36. The Kier molecular flexibility index (Phi) is 4.73. The van der Waals surface area contributed by atoms with Crippen LogP contribution in [0.15, 0.2) is 34.4 Å². The average molecular weight is 335 g/mol. The van der Waals surface area contributed by atoms with Gasteiger partial charge in [0.1, 0.15) is 6.26 Å². The fourth-order valence-corrected chi connectivity index (χ4v) is 3.62. The molecule has 1 aliphatic heterocycles. The van der Waals surface area contributed by atoms with Crippen LogP contribution in [-0.2, 0) is 19.7 Å². The third kappa shape index (κ3) is 3.59. The molecule has 0 spiro atoms. The highest BCUT2D eigenvalue weighted by atomic mass is 32.1. The summed E-state index contributed by atoms with van der Waals surface area (Å²) in [6.07, 6.45) is 2.96. The Morgan fingerprint density at radius 3 is 2.74 bits per heavy atom. The summed E-state index contributed by atoms with van der Waals surface area (Å²) in [6, 6.07) is 5.53. The molecule has 23 heavy (non-hydrogen) atoms. The van der Waals surface area contributed by atoms with Crippen molar-refractivity contribution in [1.82, 2.24) is 10.5 Å². The molecule has 0 atom stereocenters. The molecule has 2 aromatic heterocycles. The van der Waals surface area contributed by atoms with Crippen molar-refractivity contribution in [1.29, 1.82) is 0 Å². The Labute approximate surface area is 137 Å². The summed E-state index contributed by atoms with van der Waals surface area (Å²) in [4.78, 5) is 25.1. The summed E-state index contributed by atoms with van der Waals surface area (Å²) in [7, 11) is 0. The first-order chi connectivity index (χ1) is 11.2. The van der Waals surface area contributed by atoms with Gasteiger partial charge in [0.05, 0.1) is 0 Å². The Hall–Kier alpha value is -2.19. The Bertz CT molecular complexity index is 648. The molecule has 0 aromatic carbocycles. The van der Waals surface area contributed by atoms with Gasteiger partial charge < -0.3 is 14.6 Å². The standard InChI is InChI=1S/C15H17N3O4S/c19-13(14(20)17-12-3-6-22-18-12)16-10-15(4-7-21-8-5-15)11-2-1-9-23-11/h1-3,6,9H,4-5,7-8,10H2,(H,16,19)(H,17,18,20). The van der Waals surface area contributed by atoms with Crippen LogP contribution < -0.4 is 10.6 Å². The minimum Gasteiger partial charge on any atom is -0.381 e. The van der Waals surface area contributed by atoms with Gasteiger partial charge in [0.15, 0.2) is 5.82 Å². The van der Waals surface area contributed by atoms with Crippen molar-refractivity contribution in [2.24, 2.45) is 0 Å². The molecule has 0 aliphatic carbocycles. The van der Waals surface area contributed by atoms with E-state index >= 15 is 0 Å². The first-order valence-corrected chi connectivity index (χ1v) is 8.19. The number of anilines is 1. The summed E-state index contributed by atoms with van der Waals surface area (Å²) in [5, 5.41) is 10.7. The first-order valence-electron chi connectivity index (χ1n) is 7.31. The molecular formula is C15H17N3O4S. The zero-order valence-electron chi connectivity index (χ0n) is 12.4. The maximum absolute atomic E-state index is 12.0. The minimum atomic E-state index is -0.757. The van der Waals surface area contributed by atoms with Gasteiger partial charge in [0.2, 0.25) is 0 Å². The molecule has 2 N–H and O–H groups in total. The predicted molar refractivity (Wildman–Crippen MR) is 84.2 cm³/mol. The molecular weight excluding hydrogens is 318 g/mol. The molecule has 2 aromatic rings. The molecule has 2 amide bonds. The van der Waals surface area contributed by atoms with Crippen LogP contribution in [0.4, 0.5) is 5.82 Å². The minimum absolute atomic E-state index is 0.170. The number of nitrogens with zero attached hydrogens (tertiary/aromatic N) is 1. The zero-order chi connectivity index (χ0) is 16.1. The highest BCUT2D eigenvalue weighted by Gasteiger charge is 2.36. The second kappa shape index (κ2) is 6.93. The monoisotopic (exact) mass is 335 g/mol. The third-order valence-corrected chi connectivity index (χ3v) is 5.08. The number of carbonyl (C=O) groups excluding carboxylic acids is 2. The van der Waals surface area contributed by atoms with E-state index < -0.39 is 11.8 Å². The molecule has 1 aliphatic rings. The molecule has 122 valence electrons. The van der Waals surface area contributed by atoms with Crippen molar-refractivity contribution in [3.63, 3.8) is 0 Å². The predicted octanol–water partition coefficient (Wildman–Crippen LogP) is 1.54. The molecule has 7 nitrogen and oxygen atoms in total. The van der Waals surface area contributed by atoms with Gasteiger partial charge >= 0.3 is 11.8 Å². The van der Waals surface area contributed by atoms with E-state index in [0.717, 1.165) is 12.8 Å². The van der Waals surface area contributed by atoms with E-state index in [-0.39, 0.29) is 11.2 Å². The van der Waals surface area contributed by atoms with E-state index in [1.54, 1.807) is 11.3 Å². The molecule has 0 radical (unpaired) electrons. The topological polar surface area (TPSA) is 93.5 Å². The highest BCUT2D eigenvalue weighted by molar-refractivity contribution is 7.10. The fourth-order valence-electron chi connectivity index (χ4n) is 2.63. The molecule has 1 saturated heterocycles. The van der Waals surface area contributed by atoms with Crippen molar-refractivity contribution < 1.29 is 18.8 Å².